The van der Waals surface area contributed by atoms with Gasteiger partial charge in [0.05, 0.1) is 41.8 Å². The van der Waals surface area contributed by atoms with Crippen molar-refractivity contribution in [2.24, 2.45) is 17.8 Å². The van der Waals surface area contributed by atoms with E-state index in [9.17, 15) is 14.7 Å². The van der Waals surface area contributed by atoms with Crippen molar-refractivity contribution in [2.75, 3.05) is 26.9 Å². The summed E-state index contributed by atoms with van der Waals surface area (Å²) in [5.74, 6) is -0.381. The molecule has 2 fully saturated rings. The Kier molecular flexibility index (Phi) is 12.4. The van der Waals surface area contributed by atoms with Crippen LogP contribution in [-0.2, 0) is 18.8 Å². The summed E-state index contributed by atoms with van der Waals surface area (Å²) in [5.41, 5.74) is 4.59. The molecule has 3 aromatic rings. The number of halogens is 1. The van der Waals surface area contributed by atoms with E-state index in [1.54, 1.807) is 7.11 Å². The largest absolute Gasteiger partial charge is 0.504 e. The SMILES string of the molecule is CCC/C(=C\c1cc(I)c(O)c(OC)c1)CC[C@H]1OC[C@H]2C1=C(CO[Si](c1ccccc1)(c1ccccc1)C(C)(C)C)C[C@H]1C(=O)N(CCC)C(=O)[C@H]12. The smallest absolute Gasteiger partial charge is 0.261 e. The van der Waals surface area contributed by atoms with Crippen LogP contribution >= 0.6 is 22.6 Å². The lowest BCUT2D eigenvalue weighted by atomic mass is 9.69. The molecule has 0 radical (unpaired) electrons. The summed E-state index contributed by atoms with van der Waals surface area (Å²) < 4.78 is 20.4. The maximum Gasteiger partial charge on any atom is 0.261 e. The molecule has 2 aliphatic heterocycles. The van der Waals surface area contributed by atoms with Crippen molar-refractivity contribution in [2.45, 2.75) is 84.3 Å². The number of hydrogen-bond acceptors (Lipinski definition) is 6. The lowest BCUT2D eigenvalue weighted by molar-refractivity contribution is -0.140. The number of benzene rings is 3. The number of fused-ring (bicyclic) bond motifs is 3. The van der Waals surface area contributed by atoms with Gasteiger partial charge in [-0.1, -0.05) is 113 Å². The van der Waals surface area contributed by atoms with Gasteiger partial charge >= 0.3 is 0 Å². The Morgan fingerprint density at radius 2 is 1.62 bits per heavy atom. The molecular formula is C44H54INO6Si. The van der Waals surface area contributed by atoms with E-state index in [2.05, 4.69) is 117 Å². The van der Waals surface area contributed by atoms with Gasteiger partial charge in [-0.25, -0.2) is 0 Å². The number of hydrogen-bond donors (Lipinski definition) is 1. The van der Waals surface area contributed by atoms with E-state index in [0.29, 0.717) is 31.9 Å². The quantitative estimate of drug-likeness (QED) is 0.0762. The van der Waals surface area contributed by atoms with Crippen molar-refractivity contribution in [3.8, 4) is 11.5 Å². The van der Waals surface area contributed by atoms with E-state index in [1.807, 2.05) is 19.1 Å². The Hall–Kier alpha value is -3.25. The number of nitrogens with zero attached hydrogens (tertiary/aromatic N) is 1. The highest BCUT2D eigenvalue weighted by Crippen LogP contribution is 2.50. The fourth-order valence-corrected chi connectivity index (χ4v) is 14.2. The zero-order chi connectivity index (χ0) is 37.9. The summed E-state index contributed by atoms with van der Waals surface area (Å²) in [6.45, 7) is 12.3. The van der Waals surface area contributed by atoms with Crippen LogP contribution in [0, 0.1) is 21.3 Å². The molecule has 3 aliphatic rings. The van der Waals surface area contributed by atoms with Crippen LogP contribution in [0.3, 0.4) is 0 Å². The van der Waals surface area contributed by atoms with Crippen molar-refractivity contribution in [1.82, 2.24) is 4.90 Å². The molecule has 0 bridgehead atoms. The number of aromatic hydroxyl groups is 1. The van der Waals surface area contributed by atoms with E-state index < -0.39 is 8.32 Å². The molecule has 53 heavy (non-hydrogen) atoms. The third-order valence-corrected chi connectivity index (χ3v) is 17.2. The summed E-state index contributed by atoms with van der Waals surface area (Å²) in [7, 11) is -1.30. The highest BCUT2D eigenvalue weighted by molar-refractivity contribution is 14.1. The highest BCUT2D eigenvalue weighted by atomic mass is 127. The second kappa shape index (κ2) is 16.6. The van der Waals surface area contributed by atoms with E-state index in [1.165, 1.54) is 26.4 Å². The van der Waals surface area contributed by atoms with Crippen LogP contribution in [-0.4, -0.2) is 63.1 Å². The Balaban J connectivity index is 1.38. The average Bonchev–Trinajstić information content (AvgIpc) is 3.67. The van der Waals surface area contributed by atoms with Crippen LogP contribution in [0.15, 0.2) is 89.5 Å². The van der Waals surface area contributed by atoms with E-state index >= 15 is 0 Å². The number of carbonyl (C=O) groups excluding carboxylic acids is 2. The van der Waals surface area contributed by atoms with Crippen molar-refractivity contribution >= 4 is 59.2 Å². The first-order chi connectivity index (χ1) is 25.4. The molecule has 0 saturated carbocycles. The van der Waals surface area contributed by atoms with Crippen molar-refractivity contribution < 1.29 is 28.6 Å². The molecule has 4 atom stereocenters. The van der Waals surface area contributed by atoms with Crippen LogP contribution in [0.25, 0.3) is 6.08 Å². The number of ether oxygens (including phenoxy) is 2. The summed E-state index contributed by atoms with van der Waals surface area (Å²) in [4.78, 5) is 29.3. The van der Waals surface area contributed by atoms with E-state index in [0.717, 1.165) is 46.8 Å². The number of amides is 2. The molecule has 6 rings (SSSR count). The molecular weight excluding hydrogens is 793 g/mol. The fraction of sp³-hybridized carbons (Fsp3) is 0.455. The van der Waals surface area contributed by atoms with Gasteiger partial charge in [0.1, 0.15) is 0 Å². The minimum absolute atomic E-state index is 0.0389. The topological polar surface area (TPSA) is 85.3 Å². The van der Waals surface area contributed by atoms with Crippen molar-refractivity contribution in [1.29, 1.82) is 0 Å². The Labute approximate surface area is 330 Å². The van der Waals surface area contributed by atoms with E-state index in [4.69, 9.17) is 13.9 Å². The van der Waals surface area contributed by atoms with Gasteiger partial charge in [-0.15, -0.1) is 0 Å². The first kappa shape index (κ1) is 39.4. The summed E-state index contributed by atoms with van der Waals surface area (Å²) >= 11 is 2.14. The van der Waals surface area contributed by atoms with Gasteiger partial charge in [0.15, 0.2) is 11.5 Å². The highest BCUT2D eigenvalue weighted by Gasteiger charge is 2.57. The maximum atomic E-state index is 13.9. The van der Waals surface area contributed by atoms with Gasteiger partial charge < -0.3 is 19.0 Å². The number of phenols is 1. The van der Waals surface area contributed by atoms with Crippen LogP contribution < -0.4 is 15.1 Å². The average molecular weight is 848 g/mol. The normalized spacial score (nSPS) is 22.0. The van der Waals surface area contributed by atoms with E-state index in [-0.39, 0.29) is 46.5 Å². The fourth-order valence-electron chi connectivity index (χ4n) is 9.05. The monoisotopic (exact) mass is 847 g/mol. The summed E-state index contributed by atoms with van der Waals surface area (Å²) in [6, 6.07) is 25.2. The number of methoxy groups -OCH3 is 1. The predicted molar refractivity (Wildman–Crippen MR) is 222 cm³/mol. The van der Waals surface area contributed by atoms with Gasteiger partial charge in [0.2, 0.25) is 11.8 Å². The summed E-state index contributed by atoms with van der Waals surface area (Å²) in [5, 5.41) is 12.7. The van der Waals surface area contributed by atoms with Crippen LogP contribution in [0.1, 0.15) is 78.7 Å². The second-order valence-electron chi connectivity index (χ2n) is 15.7. The summed E-state index contributed by atoms with van der Waals surface area (Å²) in [6.07, 6.45) is 6.82. The number of rotatable bonds is 14. The molecule has 282 valence electrons. The first-order valence-electron chi connectivity index (χ1n) is 19.1. The van der Waals surface area contributed by atoms with Gasteiger partial charge in [-0.3, -0.25) is 14.5 Å². The molecule has 7 nitrogen and oxygen atoms in total. The number of phenolic OH excluding ortho intramolecular Hbond substituents is 1. The molecule has 2 saturated heterocycles. The number of imide groups is 1. The molecule has 0 unspecified atom stereocenters. The molecule has 0 spiro atoms. The van der Waals surface area contributed by atoms with Crippen molar-refractivity contribution in [3.05, 3.63) is 98.6 Å². The first-order valence-corrected chi connectivity index (χ1v) is 22.1. The zero-order valence-electron chi connectivity index (χ0n) is 32.0. The molecule has 1 aliphatic carbocycles. The third-order valence-electron chi connectivity index (χ3n) is 11.4. The standard InChI is InChI=1S/C44H54INO6Si/c1-7-15-29(23-30-24-36(45)41(47)38(25-30)50-6)20-21-37-39-31(26-34-40(35(39)28-51-37)43(49)46(22-8-2)42(34)48)27-52-53(44(3,4)5,32-16-11-9-12-17-32)33-18-13-10-14-19-33/h9-14,16-19,23-25,34-35,37,40,47H,7-8,15,20-22,26-28H2,1-6H3/b29-23+/t34-,35+,37-,40-/m1/s1. The number of likely N-dealkylation sites (tertiary alicyclic amines) is 1. The van der Waals surface area contributed by atoms with Gasteiger partial charge in [-0.05, 0) is 98.9 Å². The third kappa shape index (κ3) is 7.68. The minimum Gasteiger partial charge on any atom is -0.504 e. The Bertz CT molecular complexity index is 1810. The lowest BCUT2D eigenvalue weighted by Crippen LogP contribution is -2.66. The molecule has 0 aromatic heterocycles. The van der Waals surface area contributed by atoms with Gasteiger partial charge in [-0.2, -0.15) is 0 Å². The maximum absolute atomic E-state index is 13.9. The second-order valence-corrected chi connectivity index (χ2v) is 21.2. The minimum atomic E-state index is -2.87. The molecule has 2 heterocycles. The Morgan fingerprint density at radius 3 is 2.21 bits per heavy atom. The van der Waals surface area contributed by atoms with Crippen molar-refractivity contribution in [3.63, 3.8) is 0 Å². The van der Waals surface area contributed by atoms with Crippen LogP contribution in [0.5, 0.6) is 11.5 Å². The van der Waals surface area contributed by atoms with Gasteiger partial charge in [0, 0.05) is 12.5 Å². The molecule has 2 amide bonds. The van der Waals surface area contributed by atoms with Crippen LogP contribution in [0.4, 0.5) is 0 Å². The number of allylic oxidation sites excluding steroid dienone is 1. The van der Waals surface area contributed by atoms with Crippen LogP contribution in [0.2, 0.25) is 5.04 Å². The molecule has 9 heteroatoms. The lowest BCUT2D eigenvalue weighted by Gasteiger charge is -2.44. The van der Waals surface area contributed by atoms with Gasteiger partial charge in [0.25, 0.3) is 8.32 Å². The molecule has 1 N–H and O–H groups in total. The Morgan fingerprint density at radius 1 is 0.962 bits per heavy atom. The molecule has 3 aromatic carbocycles. The number of carbonyl (C=O) groups is 2. The predicted octanol–water partition coefficient (Wildman–Crippen LogP) is 8.27. The zero-order valence-corrected chi connectivity index (χ0v) is 35.2.